The summed E-state index contributed by atoms with van der Waals surface area (Å²) in [6.45, 7) is 0. The number of aromatic nitrogens is 2. The number of hydrogen-bond donors (Lipinski definition) is 1. The van der Waals surface area contributed by atoms with Gasteiger partial charge in [-0.05, 0) is 42.0 Å². The van der Waals surface area contributed by atoms with Crippen molar-refractivity contribution >= 4 is 5.52 Å². The van der Waals surface area contributed by atoms with E-state index in [1.807, 2.05) is 28.9 Å². The molecule has 3 aromatic rings. The van der Waals surface area contributed by atoms with Crippen molar-refractivity contribution in [1.29, 1.82) is 0 Å². The van der Waals surface area contributed by atoms with Crippen LogP contribution in [0.5, 0.6) is 0 Å². The zero-order valence-corrected chi connectivity index (χ0v) is 11.1. The van der Waals surface area contributed by atoms with Crippen LogP contribution in [-0.2, 0) is 6.42 Å². The second kappa shape index (κ2) is 4.46. The molecule has 0 fully saturated rings. The van der Waals surface area contributed by atoms with Crippen molar-refractivity contribution in [3.8, 4) is 0 Å². The Hall–Kier alpha value is -2.13. The number of fused-ring (bicyclic) bond motifs is 2. The van der Waals surface area contributed by atoms with E-state index in [4.69, 9.17) is 0 Å². The number of nitrogens with zero attached hydrogens (tertiary/aromatic N) is 2. The third-order valence-corrected chi connectivity index (χ3v) is 4.28. The molecule has 3 nitrogen and oxygen atoms in total. The highest BCUT2D eigenvalue weighted by Crippen LogP contribution is 2.41. The summed E-state index contributed by atoms with van der Waals surface area (Å²) < 4.78 is 1.81. The predicted octanol–water partition coefficient (Wildman–Crippen LogP) is 3.10. The Kier molecular flexibility index (Phi) is 2.60. The molecule has 2 unspecified atom stereocenters. The van der Waals surface area contributed by atoms with E-state index in [1.54, 1.807) is 6.20 Å². The molecule has 0 amide bonds. The molecule has 0 saturated carbocycles. The lowest BCUT2D eigenvalue weighted by Gasteiger charge is -2.31. The van der Waals surface area contributed by atoms with Crippen molar-refractivity contribution in [2.75, 3.05) is 0 Å². The van der Waals surface area contributed by atoms with Gasteiger partial charge in [0, 0.05) is 11.8 Å². The molecule has 1 N–H and O–H groups in total. The van der Waals surface area contributed by atoms with Crippen molar-refractivity contribution in [3.63, 3.8) is 0 Å². The highest BCUT2D eigenvalue weighted by molar-refractivity contribution is 5.54. The van der Waals surface area contributed by atoms with Crippen LogP contribution in [0.25, 0.3) is 5.52 Å². The second-order valence-corrected chi connectivity index (χ2v) is 5.48. The van der Waals surface area contributed by atoms with Gasteiger partial charge >= 0.3 is 0 Å². The molecule has 0 saturated heterocycles. The van der Waals surface area contributed by atoms with Crippen molar-refractivity contribution in [1.82, 2.24) is 9.61 Å². The van der Waals surface area contributed by atoms with Gasteiger partial charge in [-0.3, -0.25) is 0 Å². The van der Waals surface area contributed by atoms with Crippen molar-refractivity contribution in [2.24, 2.45) is 0 Å². The lowest BCUT2D eigenvalue weighted by Crippen LogP contribution is -2.19. The third-order valence-electron chi connectivity index (χ3n) is 4.28. The Labute approximate surface area is 117 Å². The molecular formula is C17H16N2O. The standard InChI is InChI=1S/C17H16N2O/c20-17(10-13-9-12-5-1-2-6-14(12)13)15-11-18-19-8-4-3-7-16(15)19/h1-8,11,13,17,20H,9-10H2. The Bertz CT molecular complexity index is 762. The predicted molar refractivity (Wildman–Crippen MR) is 77.7 cm³/mol. The highest BCUT2D eigenvalue weighted by atomic mass is 16.3. The van der Waals surface area contributed by atoms with Crippen LogP contribution < -0.4 is 0 Å². The quantitative estimate of drug-likeness (QED) is 0.789. The van der Waals surface area contributed by atoms with Crippen LogP contribution in [-0.4, -0.2) is 14.7 Å². The first-order chi connectivity index (χ1) is 9.83. The van der Waals surface area contributed by atoms with E-state index in [0.717, 1.165) is 23.9 Å². The van der Waals surface area contributed by atoms with Crippen LogP contribution in [0.15, 0.2) is 54.9 Å². The first-order valence-electron chi connectivity index (χ1n) is 7.01. The molecule has 1 aromatic carbocycles. The molecule has 2 atom stereocenters. The van der Waals surface area contributed by atoms with E-state index in [2.05, 4.69) is 29.4 Å². The molecule has 1 aliphatic carbocycles. The largest absolute Gasteiger partial charge is 0.388 e. The van der Waals surface area contributed by atoms with Crippen LogP contribution in [0.1, 0.15) is 35.1 Å². The Balaban J connectivity index is 1.58. The van der Waals surface area contributed by atoms with Gasteiger partial charge in [0.2, 0.25) is 0 Å². The number of hydrogen-bond acceptors (Lipinski definition) is 2. The lowest BCUT2D eigenvalue weighted by molar-refractivity contribution is 0.155. The van der Waals surface area contributed by atoms with Crippen LogP contribution in [0.4, 0.5) is 0 Å². The van der Waals surface area contributed by atoms with Gasteiger partial charge in [-0.2, -0.15) is 5.10 Å². The molecule has 0 radical (unpaired) electrons. The second-order valence-electron chi connectivity index (χ2n) is 5.48. The van der Waals surface area contributed by atoms with Crippen molar-refractivity contribution < 1.29 is 5.11 Å². The molecule has 20 heavy (non-hydrogen) atoms. The first-order valence-corrected chi connectivity index (χ1v) is 7.01. The van der Waals surface area contributed by atoms with E-state index in [9.17, 15) is 5.11 Å². The monoisotopic (exact) mass is 264 g/mol. The molecule has 1 aliphatic rings. The van der Waals surface area contributed by atoms with Crippen LogP contribution in [0.2, 0.25) is 0 Å². The molecule has 2 heterocycles. The minimum atomic E-state index is -0.451. The Morgan fingerprint density at radius 1 is 1.20 bits per heavy atom. The number of rotatable bonds is 3. The summed E-state index contributed by atoms with van der Waals surface area (Å²) in [5, 5.41) is 14.8. The minimum absolute atomic E-state index is 0.451. The van der Waals surface area contributed by atoms with Crippen molar-refractivity contribution in [2.45, 2.75) is 24.9 Å². The summed E-state index contributed by atoms with van der Waals surface area (Å²) in [5.74, 6) is 0.472. The zero-order chi connectivity index (χ0) is 13.5. The SMILES string of the molecule is OC(CC1Cc2ccccc21)c1cnn2ccccc12. The van der Waals surface area contributed by atoms with Gasteiger partial charge in [0.15, 0.2) is 0 Å². The molecule has 4 rings (SSSR count). The summed E-state index contributed by atoms with van der Waals surface area (Å²) in [7, 11) is 0. The van der Waals surface area contributed by atoms with Gasteiger partial charge in [0.1, 0.15) is 0 Å². The van der Waals surface area contributed by atoms with E-state index in [-0.39, 0.29) is 0 Å². The number of benzene rings is 1. The maximum absolute atomic E-state index is 10.5. The summed E-state index contributed by atoms with van der Waals surface area (Å²) in [4.78, 5) is 0. The maximum Gasteiger partial charge on any atom is 0.0832 e. The molecule has 100 valence electrons. The summed E-state index contributed by atoms with van der Waals surface area (Å²) in [6.07, 6.45) is 5.09. The average molecular weight is 264 g/mol. The molecule has 3 heteroatoms. The minimum Gasteiger partial charge on any atom is -0.388 e. The molecule has 0 aliphatic heterocycles. The molecular weight excluding hydrogens is 248 g/mol. The number of pyridine rings is 1. The fourth-order valence-electron chi connectivity index (χ4n) is 3.18. The van der Waals surface area contributed by atoms with E-state index < -0.39 is 6.10 Å². The third kappa shape index (κ3) is 1.74. The topological polar surface area (TPSA) is 37.5 Å². The van der Waals surface area contributed by atoms with Crippen LogP contribution in [0.3, 0.4) is 0 Å². The van der Waals surface area contributed by atoms with Crippen LogP contribution >= 0.6 is 0 Å². The summed E-state index contributed by atoms with van der Waals surface area (Å²) in [5.41, 5.74) is 4.73. The highest BCUT2D eigenvalue weighted by Gasteiger charge is 2.28. The average Bonchev–Trinajstić information content (AvgIpc) is 2.88. The maximum atomic E-state index is 10.5. The Morgan fingerprint density at radius 3 is 2.95 bits per heavy atom. The van der Waals surface area contributed by atoms with Gasteiger partial charge in [0.05, 0.1) is 17.8 Å². The van der Waals surface area contributed by atoms with Gasteiger partial charge in [-0.15, -0.1) is 0 Å². The smallest absolute Gasteiger partial charge is 0.0832 e. The molecule has 0 bridgehead atoms. The van der Waals surface area contributed by atoms with E-state index in [1.165, 1.54) is 11.1 Å². The number of aliphatic hydroxyl groups excluding tert-OH is 1. The summed E-state index contributed by atoms with van der Waals surface area (Å²) in [6, 6.07) is 14.4. The van der Waals surface area contributed by atoms with E-state index in [0.29, 0.717) is 5.92 Å². The molecule has 0 spiro atoms. The normalized spacial score (nSPS) is 18.6. The summed E-state index contributed by atoms with van der Waals surface area (Å²) >= 11 is 0. The van der Waals surface area contributed by atoms with E-state index >= 15 is 0 Å². The van der Waals surface area contributed by atoms with Crippen molar-refractivity contribution in [3.05, 3.63) is 71.5 Å². The number of aliphatic hydroxyl groups is 1. The molecule has 2 aromatic heterocycles. The Morgan fingerprint density at radius 2 is 2.05 bits per heavy atom. The van der Waals surface area contributed by atoms with Gasteiger partial charge in [-0.25, -0.2) is 4.52 Å². The van der Waals surface area contributed by atoms with Gasteiger partial charge in [-0.1, -0.05) is 30.3 Å². The lowest BCUT2D eigenvalue weighted by atomic mass is 9.74. The first kappa shape index (κ1) is 11.7. The van der Waals surface area contributed by atoms with Gasteiger partial charge in [0.25, 0.3) is 0 Å². The van der Waals surface area contributed by atoms with Crippen LogP contribution in [0, 0.1) is 0 Å². The fourth-order valence-corrected chi connectivity index (χ4v) is 3.18. The fraction of sp³-hybridized carbons (Fsp3) is 0.235. The van der Waals surface area contributed by atoms with Gasteiger partial charge < -0.3 is 5.11 Å². The zero-order valence-electron chi connectivity index (χ0n) is 11.1.